The summed E-state index contributed by atoms with van der Waals surface area (Å²) >= 11 is 0. The van der Waals surface area contributed by atoms with Gasteiger partial charge in [0, 0.05) is 0 Å². The predicted octanol–water partition coefficient (Wildman–Crippen LogP) is -0.330. The number of nitrogens with one attached hydrogen (secondary N) is 1. The van der Waals surface area contributed by atoms with E-state index in [4.69, 9.17) is 5.73 Å². The first-order chi connectivity index (χ1) is 6.38. The van der Waals surface area contributed by atoms with Crippen molar-refractivity contribution >= 4 is 5.91 Å². The van der Waals surface area contributed by atoms with E-state index in [1.807, 2.05) is 0 Å². The van der Waals surface area contributed by atoms with Gasteiger partial charge in [-0.1, -0.05) is 5.17 Å². The summed E-state index contributed by atoms with van der Waals surface area (Å²) in [7, 11) is 0. The molecule has 1 rings (SSSR count). The van der Waals surface area contributed by atoms with Crippen molar-refractivity contribution in [2.24, 2.45) is 5.73 Å². The number of carbonyl (C=O) groups is 1. The lowest BCUT2D eigenvalue weighted by molar-refractivity contribution is -0.260. The molecule has 0 saturated carbocycles. The van der Waals surface area contributed by atoms with Crippen LogP contribution in [0, 0.1) is 0 Å². The maximum Gasteiger partial charge on any atom is 0.413 e. The molecule has 3 N–H and O–H groups in total. The van der Waals surface area contributed by atoms with Crippen molar-refractivity contribution in [2.75, 3.05) is 13.2 Å². The summed E-state index contributed by atoms with van der Waals surface area (Å²) in [4.78, 5) is 14.8. The van der Waals surface area contributed by atoms with Gasteiger partial charge in [0.1, 0.15) is 5.70 Å². The number of hydrazine groups is 1. The number of nitrogens with two attached hydrogens (primary N) is 1. The molecule has 0 aromatic rings. The lowest BCUT2D eigenvalue weighted by atomic mass is 10.4. The van der Waals surface area contributed by atoms with Crippen molar-refractivity contribution in [1.29, 1.82) is 0 Å². The average molecular weight is 211 g/mol. The third-order valence-electron chi connectivity index (χ3n) is 1.36. The highest BCUT2D eigenvalue weighted by Crippen LogP contribution is 2.15. The largest absolute Gasteiger partial charge is 0.413 e. The molecule has 0 unspecified atom stereocenters. The maximum absolute atomic E-state index is 11.7. The van der Waals surface area contributed by atoms with Gasteiger partial charge in [0.05, 0.1) is 6.54 Å². The minimum absolute atomic E-state index is 0.0205. The van der Waals surface area contributed by atoms with E-state index in [1.54, 1.807) is 0 Å². The standard InChI is InChI=1S/C6H8F3N3O2/c7-6(8,9)3-14-12-2-1-4(11-12)5(10)13/h1,11H,2-3H2,(H2,10,13). The molecule has 0 spiro atoms. The number of amides is 1. The van der Waals surface area contributed by atoms with Gasteiger partial charge in [0.15, 0.2) is 6.61 Å². The molecule has 80 valence electrons. The summed E-state index contributed by atoms with van der Waals surface area (Å²) in [5.41, 5.74) is 7.15. The third-order valence-corrected chi connectivity index (χ3v) is 1.36. The Hall–Kier alpha value is -1.28. The van der Waals surface area contributed by atoms with Crippen LogP contribution in [0.4, 0.5) is 13.2 Å². The quantitative estimate of drug-likeness (QED) is 0.670. The van der Waals surface area contributed by atoms with Crippen LogP contribution in [0.2, 0.25) is 0 Å². The number of alkyl halides is 3. The second-order valence-corrected chi connectivity index (χ2v) is 2.54. The second-order valence-electron chi connectivity index (χ2n) is 2.54. The first-order valence-corrected chi connectivity index (χ1v) is 3.62. The molecule has 1 aliphatic rings. The second kappa shape index (κ2) is 3.84. The number of hydrogen-bond donors (Lipinski definition) is 2. The minimum atomic E-state index is -4.41. The third kappa shape index (κ3) is 3.23. The summed E-state index contributed by atoms with van der Waals surface area (Å²) in [5.74, 6) is -0.747. The lowest BCUT2D eigenvalue weighted by Crippen LogP contribution is -2.38. The zero-order chi connectivity index (χ0) is 10.8. The normalized spacial score (nSPS) is 17.8. The van der Waals surface area contributed by atoms with E-state index in [1.165, 1.54) is 6.08 Å². The predicted molar refractivity (Wildman–Crippen MR) is 39.1 cm³/mol. The van der Waals surface area contributed by atoms with Crippen LogP contribution in [0.3, 0.4) is 0 Å². The van der Waals surface area contributed by atoms with Crippen LogP contribution in [0.25, 0.3) is 0 Å². The highest BCUT2D eigenvalue weighted by molar-refractivity contribution is 5.91. The van der Waals surface area contributed by atoms with Crippen molar-refractivity contribution in [2.45, 2.75) is 6.18 Å². The minimum Gasteiger partial charge on any atom is -0.364 e. The molecule has 5 nitrogen and oxygen atoms in total. The van der Waals surface area contributed by atoms with Gasteiger partial charge < -0.3 is 5.73 Å². The van der Waals surface area contributed by atoms with E-state index in [-0.39, 0.29) is 12.2 Å². The molecule has 1 aliphatic heterocycles. The fraction of sp³-hybridized carbons (Fsp3) is 0.500. The molecular formula is C6H8F3N3O2. The monoisotopic (exact) mass is 211 g/mol. The number of halogens is 3. The fourth-order valence-electron chi connectivity index (χ4n) is 0.792. The molecule has 0 fully saturated rings. The van der Waals surface area contributed by atoms with Crippen LogP contribution in [0.5, 0.6) is 0 Å². The summed E-state index contributed by atoms with van der Waals surface area (Å²) in [5, 5.41) is 0.785. The van der Waals surface area contributed by atoms with E-state index in [0.717, 1.165) is 5.17 Å². The van der Waals surface area contributed by atoms with Crippen LogP contribution < -0.4 is 11.2 Å². The summed E-state index contributed by atoms with van der Waals surface area (Å²) in [6.07, 6.45) is -3.07. The smallest absolute Gasteiger partial charge is 0.364 e. The zero-order valence-electron chi connectivity index (χ0n) is 6.97. The van der Waals surface area contributed by atoms with Crippen LogP contribution in [0.15, 0.2) is 11.8 Å². The molecule has 14 heavy (non-hydrogen) atoms. The van der Waals surface area contributed by atoms with Crippen molar-refractivity contribution in [3.05, 3.63) is 11.8 Å². The van der Waals surface area contributed by atoms with Crippen LogP contribution in [-0.4, -0.2) is 30.4 Å². The summed E-state index contributed by atoms with van der Waals surface area (Å²) in [6, 6.07) is 0. The molecule has 0 aliphatic carbocycles. The summed E-state index contributed by atoms with van der Waals surface area (Å²) < 4.78 is 35.0. The molecule has 0 radical (unpaired) electrons. The number of hydroxylamine groups is 1. The van der Waals surface area contributed by atoms with E-state index >= 15 is 0 Å². The number of carbonyl (C=O) groups excluding carboxylic acids is 1. The first kappa shape index (κ1) is 10.8. The molecule has 8 heteroatoms. The Morgan fingerprint density at radius 1 is 1.71 bits per heavy atom. The number of rotatable bonds is 3. The first-order valence-electron chi connectivity index (χ1n) is 3.62. The highest BCUT2D eigenvalue weighted by atomic mass is 19.4. The van der Waals surface area contributed by atoms with Gasteiger partial charge in [0.2, 0.25) is 0 Å². The topological polar surface area (TPSA) is 67.6 Å². The van der Waals surface area contributed by atoms with Gasteiger partial charge in [-0.2, -0.15) is 13.2 Å². The van der Waals surface area contributed by atoms with Gasteiger partial charge in [-0.25, -0.2) is 0 Å². The molecule has 1 amide bonds. The SMILES string of the molecule is NC(=O)C1=CCN(OCC(F)(F)F)N1. The van der Waals surface area contributed by atoms with Crippen molar-refractivity contribution in [3.63, 3.8) is 0 Å². The molecule has 0 bridgehead atoms. The fourth-order valence-corrected chi connectivity index (χ4v) is 0.792. The number of primary amides is 1. The van der Waals surface area contributed by atoms with Gasteiger partial charge >= 0.3 is 6.18 Å². The van der Waals surface area contributed by atoms with Gasteiger partial charge in [-0.3, -0.25) is 15.1 Å². The van der Waals surface area contributed by atoms with Crippen molar-refractivity contribution in [3.8, 4) is 0 Å². The van der Waals surface area contributed by atoms with Crippen molar-refractivity contribution < 1.29 is 22.8 Å². The average Bonchev–Trinajstić information content (AvgIpc) is 2.47. The summed E-state index contributed by atoms with van der Waals surface area (Å²) in [6.45, 7) is -1.38. The molecule has 0 saturated heterocycles. The molecule has 0 aromatic heterocycles. The molecule has 0 atom stereocenters. The van der Waals surface area contributed by atoms with E-state index in [0.29, 0.717) is 0 Å². The number of nitrogens with zero attached hydrogens (tertiary/aromatic N) is 1. The van der Waals surface area contributed by atoms with E-state index in [2.05, 4.69) is 10.3 Å². The van der Waals surface area contributed by atoms with Gasteiger partial charge in [-0.15, -0.1) is 0 Å². The van der Waals surface area contributed by atoms with E-state index < -0.39 is 18.7 Å². The van der Waals surface area contributed by atoms with Crippen LogP contribution >= 0.6 is 0 Å². The Kier molecular flexibility index (Phi) is 2.96. The van der Waals surface area contributed by atoms with Crippen molar-refractivity contribution in [1.82, 2.24) is 10.6 Å². The highest BCUT2D eigenvalue weighted by Gasteiger charge is 2.30. The van der Waals surface area contributed by atoms with Gasteiger partial charge in [-0.05, 0) is 6.08 Å². The Morgan fingerprint density at radius 2 is 2.36 bits per heavy atom. The molecular weight excluding hydrogens is 203 g/mol. The Balaban J connectivity index is 2.30. The molecule has 1 heterocycles. The Bertz CT molecular complexity index is 264. The Morgan fingerprint density at radius 3 is 2.79 bits per heavy atom. The van der Waals surface area contributed by atoms with Gasteiger partial charge in [0.25, 0.3) is 5.91 Å². The molecule has 0 aromatic carbocycles. The van der Waals surface area contributed by atoms with Crippen LogP contribution in [-0.2, 0) is 9.63 Å². The maximum atomic E-state index is 11.7. The van der Waals surface area contributed by atoms with Crippen LogP contribution in [0.1, 0.15) is 0 Å². The number of hydrogen-bond acceptors (Lipinski definition) is 4. The van der Waals surface area contributed by atoms with E-state index in [9.17, 15) is 18.0 Å². The lowest BCUT2D eigenvalue weighted by Gasteiger charge is -2.17. The Labute approximate surface area is 77.2 Å². The zero-order valence-corrected chi connectivity index (χ0v) is 6.97.